The highest BCUT2D eigenvalue weighted by atomic mass is 35.5. The number of thiophene rings is 1. The second-order valence-electron chi connectivity index (χ2n) is 13.9. The van der Waals surface area contributed by atoms with Crippen LogP contribution in [0.1, 0.15) is 84.1 Å². The highest BCUT2D eigenvalue weighted by molar-refractivity contribution is 7.10. The molecule has 2 saturated carbocycles. The molecule has 5 aliphatic rings. The molecule has 46 heavy (non-hydrogen) atoms. The molecule has 1 aromatic heterocycles. The van der Waals surface area contributed by atoms with Crippen LogP contribution < -0.4 is 5.32 Å². The number of halogens is 2. The fourth-order valence-corrected chi connectivity index (χ4v) is 9.13. The molecule has 2 amide bonds. The highest BCUT2D eigenvalue weighted by Gasteiger charge is 2.50. The van der Waals surface area contributed by atoms with E-state index < -0.39 is 11.8 Å². The number of anilines is 1. The summed E-state index contributed by atoms with van der Waals surface area (Å²) in [7, 11) is 0. The summed E-state index contributed by atoms with van der Waals surface area (Å²) in [4.78, 5) is 43.8. The summed E-state index contributed by atoms with van der Waals surface area (Å²) in [5, 5.41) is 14.1. The number of carboxylic acids is 1. The summed E-state index contributed by atoms with van der Waals surface area (Å²) in [6, 6.07) is 2.76. The van der Waals surface area contributed by atoms with E-state index in [1.54, 1.807) is 11.3 Å². The van der Waals surface area contributed by atoms with Crippen LogP contribution in [0.2, 0.25) is 5.02 Å². The van der Waals surface area contributed by atoms with Crippen LogP contribution in [0.15, 0.2) is 23.6 Å². The van der Waals surface area contributed by atoms with Crippen LogP contribution in [0.3, 0.4) is 0 Å². The van der Waals surface area contributed by atoms with Gasteiger partial charge in [0.15, 0.2) is 0 Å². The molecule has 2 saturated heterocycles. The predicted molar refractivity (Wildman–Crippen MR) is 176 cm³/mol. The third-order valence-corrected chi connectivity index (χ3v) is 12.3. The van der Waals surface area contributed by atoms with Crippen LogP contribution in [0.4, 0.5) is 10.1 Å². The van der Waals surface area contributed by atoms with Crippen molar-refractivity contribution in [2.45, 2.75) is 88.8 Å². The summed E-state index contributed by atoms with van der Waals surface area (Å²) in [5.74, 6) is -2.15. The number of ether oxygens (including phenoxy) is 1. The molecule has 3 heterocycles. The van der Waals surface area contributed by atoms with E-state index in [0.29, 0.717) is 49.8 Å². The van der Waals surface area contributed by atoms with Crippen molar-refractivity contribution in [1.82, 2.24) is 9.80 Å². The van der Waals surface area contributed by atoms with Gasteiger partial charge in [0, 0.05) is 35.0 Å². The Morgan fingerprint density at radius 1 is 1.15 bits per heavy atom. The van der Waals surface area contributed by atoms with Gasteiger partial charge in [0.1, 0.15) is 5.82 Å². The van der Waals surface area contributed by atoms with Crippen LogP contribution in [0.5, 0.6) is 0 Å². The first-order chi connectivity index (χ1) is 22.2. The van der Waals surface area contributed by atoms with Crippen molar-refractivity contribution in [1.29, 1.82) is 0 Å². The number of carbonyl (C=O) groups is 3. The number of likely N-dealkylation sites (tertiary alicyclic amines) is 2. The van der Waals surface area contributed by atoms with Crippen LogP contribution >= 0.6 is 22.9 Å². The number of aryl methyl sites for hydroxylation is 1. The normalized spacial score (nSPS) is 26.8. The number of fused-ring (bicyclic) bond motifs is 1. The Morgan fingerprint density at radius 2 is 1.96 bits per heavy atom. The van der Waals surface area contributed by atoms with Gasteiger partial charge in [-0.15, -0.1) is 11.3 Å². The van der Waals surface area contributed by atoms with E-state index in [2.05, 4.69) is 10.2 Å². The number of amides is 2. The minimum atomic E-state index is -0.742. The standard InChI is InChI=1S/C35H41ClFN3O5S/c36-28-13-22(29(37)16-30(28)38-33(42)27-19-46-31-4-2-1-3-26(27)31)14-32(41)40-17-23(39-12-11-35(20-39)9-10-35)15-24(40)18-45-25-7-5-21(6-8-25)34(43)44/h1,3,13,16,19,21,23-25H,2,4-12,14-15,17-18,20H2,(H,38,42)(H,43,44)/t21?,23-,24-,25?/m0/s1. The number of aliphatic carboxylic acids is 1. The zero-order chi connectivity index (χ0) is 32.0. The minimum absolute atomic E-state index is 0.0114. The van der Waals surface area contributed by atoms with Crippen LogP contribution in [-0.4, -0.2) is 77.1 Å². The van der Waals surface area contributed by atoms with Crippen molar-refractivity contribution in [3.8, 4) is 0 Å². The number of carboxylic acid groups (broad SMARTS) is 1. The Hall–Kier alpha value is -2.79. The molecule has 2 aliphatic heterocycles. The second kappa shape index (κ2) is 13.0. The van der Waals surface area contributed by atoms with Crippen LogP contribution in [0.25, 0.3) is 6.08 Å². The molecule has 7 rings (SSSR count). The van der Waals surface area contributed by atoms with Crippen LogP contribution in [0, 0.1) is 17.2 Å². The van der Waals surface area contributed by atoms with E-state index in [1.807, 2.05) is 22.4 Å². The number of benzene rings is 1. The minimum Gasteiger partial charge on any atom is -0.481 e. The van der Waals surface area contributed by atoms with Crippen molar-refractivity contribution >= 4 is 52.5 Å². The van der Waals surface area contributed by atoms with Gasteiger partial charge in [0.2, 0.25) is 5.91 Å². The average Bonchev–Trinajstić information content (AvgIpc) is 3.36. The fourth-order valence-electron chi connectivity index (χ4n) is 7.86. The largest absolute Gasteiger partial charge is 0.481 e. The number of allylic oxidation sites excluding steroid dienone is 1. The molecule has 8 nitrogen and oxygen atoms in total. The third-order valence-electron chi connectivity index (χ3n) is 10.9. The molecule has 0 bridgehead atoms. The summed E-state index contributed by atoms with van der Waals surface area (Å²) < 4.78 is 21.8. The Morgan fingerprint density at radius 3 is 2.70 bits per heavy atom. The zero-order valence-corrected chi connectivity index (χ0v) is 27.5. The van der Waals surface area contributed by atoms with E-state index in [9.17, 15) is 19.5 Å². The maximum atomic E-state index is 15.5. The van der Waals surface area contributed by atoms with Crippen molar-refractivity contribution in [2.24, 2.45) is 11.3 Å². The summed E-state index contributed by atoms with van der Waals surface area (Å²) in [6.07, 6.45) is 12.9. The molecule has 2 atom stereocenters. The summed E-state index contributed by atoms with van der Waals surface area (Å²) >= 11 is 8.10. The lowest BCUT2D eigenvalue weighted by molar-refractivity contribution is -0.144. The molecule has 4 fully saturated rings. The zero-order valence-electron chi connectivity index (χ0n) is 25.9. The van der Waals surface area contributed by atoms with Crippen molar-refractivity contribution < 1.29 is 28.6 Å². The van der Waals surface area contributed by atoms with Gasteiger partial charge >= 0.3 is 5.97 Å². The molecule has 11 heteroatoms. The van der Waals surface area contributed by atoms with E-state index in [0.717, 1.165) is 42.8 Å². The number of rotatable bonds is 9. The van der Waals surface area contributed by atoms with E-state index in [1.165, 1.54) is 31.4 Å². The van der Waals surface area contributed by atoms with Gasteiger partial charge in [0.25, 0.3) is 5.91 Å². The van der Waals surface area contributed by atoms with E-state index >= 15 is 4.39 Å². The van der Waals surface area contributed by atoms with Gasteiger partial charge in [-0.3, -0.25) is 19.3 Å². The third kappa shape index (κ3) is 6.64. The Kier molecular flexibility index (Phi) is 9.00. The first-order valence-corrected chi connectivity index (χ1v) is 17.9. The van der Waals surface area contributed by atoms with Crippen LogP contribution in [-0.2, 0) is 27.2 Å². The number of carbonyl (C=O) groups excluding carboxylic acids is 2. The van der Waals surface area contributed by atoms with Gasteiger partial charge in [-0.1, -0.05) is 23.8 Å². The molecule has 0 radical (unpaired) electrons. The maximum absolute atomic E-state index is 15.5. The SMILES string of the molecule is O=C(Nc1cc(F)c(CC(=O)N2C[C@@H](N3CCC4(CC4)C3)C[C@H]2COC2CCC(C(=O)O)CC2)cc1Cl)c1csc2c1C=CCC2. The summed E-state index contributed by atoms with van der Waals surface area (Å²) in [6.45, 7) is 3.09. The van der Waals surface area contributed by atoms with Gasteiger partial charge in [-0.05, 0) is 93.9 Å². The molecule has 2 aromatic rings. The van der Waals surface area contributed by atoms with Crippen molar-refractivity contribution in [3.05, 3.63) is 56.0 Å². The fraction of sp³-hybridized carbons (Fsp3) is 0.571. The molecule has 2 N–H and O–H groups in total. The Bertz CT molecular complexity index is 1550. The lowest BCUT2D eigenvalue weighted by Crippen LogP contribution is -2.41. The van der Waals surface area contributed by atoms with Gasteiger partial charge in [0.05, 0.1) is 47.4 Å². The molecule has 246 valence electrons. The number of nitrogens with one attached hydrogen (secondary N) is 1. The van der Waals surface area contributed by atoms with E-state index in [-0.39, 0.29) is 58.6 Å². The van der Waals surface area contributed by atoms with Crippen molar-refractivity contribution in [2.75, 3.05) is 31.6 Å². The molecule has 1 aromatic carbocycles. The lowest BCUT2D eigenvalue weighted by Gasteiger charge is -2.30. The molecule has 1 spiro atoms. The summed E-state index contributed by atoms with van der Waals surface area (Å²) in [5.41, 5.74) is 2.29. The average molecular weight is 670 g/mol. The van der Waals surface area contributed by atoms with Gasteiger partial charge < -0.3 is 20.1 Å². The van der Waals surface area contributed by atoms with E-state index in [4.69, 9.17) is 16.3 Å². The number of hydrogen-bond acceptors (Lipinski definition) is 6. The molecular formula is C35H41ClFN3O5S. The van der Waals surface area contributed by atoms with Gasteiger partial charge in [-0.25, -0.2) is 4.39 Å². The first-order valence-electron chi connectivity index (χ1n) is 16.6. The molecular weight excluding hydrogens is 629 g/mol. The molecule has 0 unspecified atom stereocenters. The topological polar surface area (TPSA) is 99.2 Å². The Balaban J connectivity index is 1.02. The number of nitrogens with zero attached hydrogens (tertiary/aromatic N) is 2. The second-order valence-corrected chi connectivity index (χ2v) is 15.3. The van der Waals surface area contributed by atoms with Crippen molar-refractivity contribution in [3.63, 3.8) is 0 Å². The smallest absolute Gasteiger partial charge is 0.306 e. The maximum Gasteiger partial charge on any atom is 0.306 e. The Labute approximate surface area is 277 Å². The lowest BCUT2D eigenvalue weighted by atomic mass is 9.87. The van der Waals surface area contributed by atoms with Gasteiger partial charge in [-0.2, -0.15) is 0 Å². The first kappa shape index (κ1) is 31.8. The number of hydrogen-bond donors (Lipinski definition) is 2. The monoisotopic (exact) mass is 669 g/mol. The highest BCUT2D eigenvalue weighted by Crippen LogP contribution is 2.53. The quantitative estimate of drug-likeness (QED) is 0.320. The predicted octanol–water partition coefficient (Wildman–Crippen LogP) is 6.41. The molecule has 3 aliphatic carbocycles.